The molecular weight excluding hydrogens is 278 g/mol. The number of rotatable bonds is 7. The molecule has 22 heavy (non-hydrogen) atoms. The Bertz CT molecular complexity index is 328. The summed E-state index contributed by atoms with van der Waals surface area (Å²) in [5, 5.41) is 0. The van der Waals surface area contributed by atoms with Gasteiger partial charge in [-0.2, -0.15) is 0 Å². The Hall–Kier alpha value is -0.770. The third-order valence-corrected chi connectivity index (χ3v) is 4.17. The van der Waals surface area contributed by atoms with Crippen LogP contribution in [-0.4, -0.2) is 41.9 Å². The van der Waals surface area contributed by atoms with Crippen molar-refractivity contribution >= 4 is 6.09 Å². The summed E-state index contributed by atoms with van der Waals surface area (Å²) in [5.74, 6) is 0. The molecule has 0 atom stereocenters. The first kappa shape index (κ1) is 19.3. The number of carbonyl (C=O) groups is 1. The van der Waals surface area contributed by atoms with Crippen LogP contribution < -0.4 is 0 Å². The summed E-state index contributed by atoms with van der Waals surface area (Å²) in [7, 11) is 0. The maximum absolute atomic E-state index is 12.0. The lowest BCUT2D eigenvalue weighted by molar-refractivity contribution is -0.0734. The lowest BCUT2D eigenvalue weighted by Crippen LogP contribution is -2.48. The van der Waals surface area contributed by atoms with Gasteiger partial charge in [0, 0.05) is 19.7 Å². The number of likely N-dealkylation sites (tertiary alicyclic amines) is 1. The molecule has 1 aliphatic rings. The third kappa shape index (κ3) is 7.48. The quantitative estimate of drug-likeness (QED) is 0.636. The molecule has 1 fully saturated rings. The summed E-state index contributed by atoms with van der Waals surface area (Å²) in [6, 6.07) is 0. The number of ether oxygens (including phenoxy) is 2. The minimum Gasteiger partial charge on any atom is -0.444 e. The van der Waals surface area contributed by atoms with Crippen LogP contribution in [0.15, 0.2) is 0 Å². The molecule has 1 heterocycles. The number of piperidine rings is 1. The number of amides is 1. The van der Waals surface area contributed by atoms with Gasteiger partial charge in [-0.15, -0.1) is 0 Å². The molecule has 0 aliphatic carbocycles. The van der Waals surface area contributed by atoms with E-state index in [-0.39, 0.29) is 11.7 Å². The predicted molar refractivity (Wildman–Crippen MR) is 90.2 cm³/mol. The Morgan fingerprint density at radius 2 is 1.68 bits per heavy atom. The average molecular weight is 313 g/mol. The Labute approximate surface area is 136 Å². The molecule has 0 saturated carbocycles. The lowest BCUT2D eigenvalue weighted by atomic mass is 9.93. The molecule has 1 rings (SSSR count). The number of hydrogen-bond acceptors (Lipinski definition) is 3. The van der Waals surface area contributed by atoms with Crippen LogP contribution in [0.1, 0.15) is 79.6 Å². The Balaban J connectivity index is 2.24. The van der Waals surface area contributed by atoms with E-state index in [1.807, 2.05) is 20.8 Å². The lowest BCUT2D eigenvalue weighted by Gasteiger charge is -2.39. The number of hydrogen-bond donors (Lipinski definition) is 0. The van der Waals surface area contributed by atoms with E-state index in [4.69, 9.17) is 9.47 Å². The first-order valence-electron chi connectivity index (χ1n) is 8.88. The highest BCUT2D eigenvalue weighted by molar-refractivity contribution is 5.68. The largest absolute Gasteiger partial charge is 0.444 e. The van der Waals surface area contributed by atoms with Crippen LogP contribution in [0.3, 0.4) is 0 Å². The van der Waals surface area contributed by atoms with Crippen molar-refractivity contribution in [2.45, 2.75) is 90.8 Å². The van der Waals surface area contributed by atoms with Crippen molar-refractivity contribution in [2.75, 3.05) is 19.7 Å². The van der Waals surface area contributed by atoms with Crippen LogP contribution in [0.25, 0.3) is 0 Å². The fourth-order valence-corrected chi connectivity index (χ4v) is 2.66. The second-order valence-corrected chi connectivity index (χ2v) is 7.68. The Kier molecular flexibility index (Phi) is 7.67. The summed E-state index contributed by atoms with van der Waals surface area (Å²) in [5.41, 5.74) is -0.504. The Morgan fingerprint density at radius 3 is 2.23 bits per heavy atom. The summed E-state index contributed by atoms with van der Waals surface area (Å²) < 4.78 is 11.5. The maximum atomic E-state index is 12.0. The molecule has 0 aromatic carbocycles. The molecule has 130 valence electrons. The predicted octanol–water partition coefficient (Wildman–Crippen LogP) is 4.76. The molecule has 0 radical (unpaired) electrons. The molecule has 1 amide bonds. The average Bonchev–Trinajstić information content (AvgIpc) is 2.41. The van der Waals surface area contributed by atoms with Gasteiger partial charge < -0.3 is 14.4 Å². The van der Waals surface area contributed by atoms with Crippen LogP contribution in [0.5, 0.6) is 0 Å². The fraction of sp³-hybridized carbons (Fsp3) is 0.944. The number of nitrogens with zero attached hydrogens (tertiary/aromatic N) is 1. The van der Waals surface area contributed by atoms with Crippen molar-refractivity contribution in [3.05, 3.63) is 0 Å². The summed E-state index contributed by atoms with van der Waals surface area (Å²) in [6.45, 7) is 12.4. The third-order valence-electron chi connectivity index (χ3n) is 4.17. The van der Waals surface area contributed by atoms with Crippen molar-refractivity contribution in [2.24, 2.45) is 0 Å². The van der Waals surface area contributed by atoms with Crippen molar-refractivity contribution in [3.63, 3.8) is 0 Å². The van der Waals surface area contributed by atoms with Crippen LogP contribution in [0, 0.1) is 0 Å². The van der Waals surface area contributed by atoms with Crippen LogP contribution in [0.2, 0.25) is 0 Å². The van der Waals surface area contributed by atoms with Crippen molar-refractivity contribution < 1.29 is 14.3 Å². The van der Waals surface area contributed by atoms with Gasteiger partial charge in [-0.25, -0.2) is 4.79 Å². The van der Waals surface area contributed by atoms with Gasteiger partial charge >= 0.3 is 6.09 Å². The van der Waals surface area contributed by atoms with Gasteiger partial charge in [0.2, 0.25) is 0 Å². The van der Waals surface area contributed by atoms with Gasteiger partial charge in [0.15, 0.2) is 0 Å². The van der Waals surface area contributed by atoms with Gasteiger partial charge in [0.25, 0.3) is 0 Å². The zero-order chi connectivity index (χ0) is 16.6. The highest BCUT2D eigenvalue weighted by Crippen LogP contribution is 2.27. The normalized spacial score (nSPS) is 18.3. The molecule has 4 heteroatoms. The van der Waals surface area contributed by atoms with Crippen molar-refractivity contribution in [3.8, 4) is 0 Å². The second kappa shape index (κ2) is 8.76. The zero-order valence-corrected chi connectivity index (χ0v) is 15.2. The van der Waals surface area contributed by atoms with Crippen LogP contribution >= 0.6 is 0 Å². The van der Waals surface area contributed by atoms with Crippen molar-refractivity contribution in [1.29, 1.82) is 0 Å². The molecule has 0 unspecified atom stereocenters. The van der Waals surface area contributed by atoms with Crippen LogP contribution in [0.4, 0.5) is 4.79 Å². The first-order valence-corrected chi connectivity index (χ1v) is 8.88. The van der Waals surface area contributed by atoms with E-state index in [1.54, 1.807) is 4.90 Å². The first-order chi connectivity index (χ1) is 10.3. The molecule has 0 spiro atoms. The molecule has 0 N–H and O–H groups in total. The highest BCUT2D eigenvalue weighted by Gasteiger charge is 2.34. The summed E-state index contributed by atoms with van der Waals surface area (Å²) in [4.78, 5) is 13.9. The summed E-state index contributed by atoms with van der Waals surface area (Å²) in [6.07, 6.45) is 7.89. The topological polar surface area (TPSA) is 38.8 Å². The van der Waals surface area contributed by atoms with E-state index in [1.165, 1.54) is 25.7 Å². The van der Waals surface area contributed by atoms with Crippen molar-refractivity contribution in [1.82, 2.24) is 4.90 Å². The van der Waals surface area contributed by atoms with Gasteiger partial charge in [0.05, 0.1) is 5.60 Å². The molecule has 1 aliphatic heterocycles. The zero-order valence-electron chi connectivity index (χ0n) is 15.2. The molecule has 0 aromatic heterocycles. The number of carbonyl (C=O) groups excluding carboxylic acids is 1. The van der Waals surface area contributed by atoms with E-state index < -0.39 is 5.60 Å². The minimum absolute atomic E-state index is 0.0801. The molecule has 1 saturated heterocycles. The SMILES string of the molecule is CCCCCCCOC1(C)CCN(C(=O)OC(C)(C)C)CC1. The van der Waals surface area contributed by atoms with E-state index in [9.17, 15) is 4.79 Å². The van der Waals surface area contributed by atoms with E-state index in [0.29, 0.717) is 0 Å². The smallest absolute Gasteiger partial charge is 0.410 e. The van der Waals surface area contributed by atoms with Crippen LogP contribution in [-0.2, 0) is 9.47 Å². The van der Waals surface area contributed by atoms with Gasteiger partial charge in [-0.3, -0.25) is 0 Å². The van der Waals surface area contributed by atoms with E-state index >= 15 is 0 Å². The standard InChI is InChI=1S/C18H35NO3/c1-6-7-8-9-10-15-21-18(5)11-13-19(14-12-18)16(20)22-17(2,3)4/h6-15H2,1-5H3. The highest BCUT2D eigenvalue weighted by atomic mass is 16.6. The minimum atomic E-state index is -0.424. The van der Waals surface area contributed by atoms with Gasteiger partial charge in [-0.05, 0) is 47.0 Å². The molecule has 0 bridgehead atoms. The molecule has 0 aromatic rings. The Morgan fingerprint density at radius 1 is 1.09 bits per heavy atom. The monoisotopic (exact) mass is 313 g/mol. The number of unbranched alkanes of at least 4 members (excludes halogenated alkanes) is 4. The van der Waals surface area contributed by atoms with Gasteiger partial charge in [-0.1, -0.05) is 32.6 Å². The second-order valence-electron chi connectivity index (χ2n) is 7.68. The fourth-order valence-electron chi connectivity index (χ4n) is 2.66. The van der Waals surface area contributed by atoms with Gasteiger partial charge in [0.1, 0.15) is 5.60 Å². The summed E-state index contributed by atoms with van der Waals surface area (Å²) >= 11 is 0. The maximum Gasteiger partial charge on any atom is 0.410 e. The van der Waals surface area contributed by atoms with E-state index in [2.05, 4.69) is 13.8 Å². The van der Waals surface area contributed by atoms with E-state index in [0.717, 1.165) is 39.0 Å². The molecule has 4 nitrogen and oxygen atoms in total. The molecular formula is C18H35NO3.